The number of aliphatic hydroxyl groups excluding tert-OH is 2. The van der Waals surface area contributed by atoms with Gasteiger partial charge in [-0.05, 0) is 25.7 Å². The van der Waals surface area contributed by atoms with Crippen molar-refractivity contribution in [1.82, 2.24) is 5.32 Å². The summed E-state index contributed by atoms with van der Waals surface area (Å²) in [6.07, 6.45) is 84.5. The molecular weight excluding hydrogens is 971 g/mol. The van der Waals surface area contributed by atoms with Crippen molar-refractivity contribution in [3.05, 3.63) is 0 Å². The number of carbonyl (C=O) groups is 2. The molecule has 0 aliphatic carbocycles. The maximum Gasteiger partial charge on any atom is 0.305 e. The first-order valence-corrected chi connectivity index (χ1v) is 36.8. The Hall–Kier alpha value is -1.14. The molecule has 0 saturated carbocycles. The van der Waals surface area contributed by atoms with Crippen molar-refractivity contribution in [1.29, 1.82) is 0 Å². The maximum absolute atomic E-state index is 12.6. The minimum Gasteiger partial charge on any atom is -0.466 e. The first kappa shape index (κ1) is 77.9. The van der Waals surface area contributed by atoms with E-state index in [2.05, 4.69) is 19.2 Å². The van der Waals surface area contributed by atoms with Gasteiger partial charge in [0.05, 0.1) is 25.4 Å². The zero-order valence-corrected chi connectivity index (χ0v) is 54.2. The fourth-order valence-corrected chi connectivity index (χ4v) is 12.1. The summed E-state index contributed by atoms with van der Waals surface area (Å²) in [6, 6.07) is -0.539. The van der Waals surface area contributed by atoms with Gasteiger partial charge in [0, 0.05) is 12.8 Å². The number of ether oxygens (including phenoxy) is 1. The van der Waals surface area contributed by atoms with Gasteiger partial charge in [0.2, 0.25) is 5.91 Å². The Balaban J connectivity index is 3.34. The van der Waals surface area contributed by atoms with E-state index in [1.54, 1.807) is 0 Å². The molecule has 79 heavy (non-hydrogen) atoms. The van der Waals surface area contributed by atoms with Crippen molar-refractivity contribution in [3.63, 3.8) is 0 Å². The molecule has 3 N–H and O–H groups in total. The van der Waals surface area contributed by atoms with Gasteiger partial charge >= 0.3 is 5.97 Å². The first-order chi connectivity index (χ1) is 39.0. The van der Waals surface area contributed by atoms with Crippen LogP contribution in [0.4, 0.5) is 0 Å². The summed E-state index contributed by atoms with van der Waals surface area (Å²) < 4.78 is 5.49. The summed E-state index contributed by atoms with van der Waals surface area (Å²) in [5, 5.41) is 23.4. The normalized spacial score (nSPS) is 12.4. The highest BCUT2D eigenvalue weighted by Crippen LogP contribution is 2.20. The number of hydrogen-bond acceptors (Lipinski definition) is 5. The van der Waals surface area contributed by atoms with Crippen LogP contribution in [0.1, 0.15) is 431 Å². The van der Waals surface area contributed by atoms with Gasteiger partial charge in [-0.3, -0.25) is 9.59 Å². The number of rotatable bonds is 70. The number of aliphatic hydroxyl groups is 2. The molecule has 6 nitrogen and oxygen atoms in total. The summed E-state index contributed by atoms with van der Waals surface area (Å²) in [6.45, 7) is 5.01. The van der Waals surface area contributed by atoms with E-state index in [0.717, 1.165) is 38.5 Å². The van der Waals surface area contributed by atoms with E-state index in [0.29, 0.717) is 25.9 Å². The minimum atomic E-state index is -0.662. The lowest BCUT2D eigenvalue weighted by Crippen LogP contribution is -2.45. The topological polar surface area (TPSA) is 95.9 Å². The van der Waals surface area contributed by atoms with Gasteiger partial charge in [-0.25, -0.2) is 0 Å². The molecule has 0 heterocycles. The molecule has 2 unspecified atom stereocenters. The molecule has 472 valence electrons. The standard InChI is InChI=1S/C73H145NO5/c1-3-5-7-9-11-13-15-17-18-19-20-21-30-33-36-39-42-45-49-53-57-61-65-71(76)70(69-75)74-72(77)66-62-58-54-50-46-43-40-37-34-31-28-26-24-22-23-25-27-29-32-35-38-41-44-48-52-56-60-64-68-79-73(78)67-63-59-55-51-47-16-14-12-10-8-6-4-2/h70-71,75-76H,3-69H2,1-2H3,(H,74,77). The smallest absolute Gasteiger partial charge is 0.305 e. The maximum atomic E-state index is 12.6. The van der Waals surface area contributed by atoms with Gasteiger partial charge in [0.1, 0.15) is 0 Å². The molecular formula is C73H145NO5. The van der Waals surface area contributed by atoms with Gasteiger partial charge in [0.15, 0.2) is 0 Å². The van der Waals surface area contributed by atoms with Crippen LogP contribution in [0.3, 0.4) is 0 Å². The molecule has 0 fully saturated rings. The van der Waals surface area contributed by atoms with Crippen LogP contribution >= 0.6 is 0 Å². The van der Waals surface area contributed by atoms with Crippen molar-refractivity contribution in [3.8, 4) is 0 Å². The molecule has 6 heteroatoms. The third kappa shape index (κ3) is 65.9. The summed E-state index contributed by atoms with van der Waals surface area (Å²) in [5.74, 6) is -0.00507. The number of nitrogens with one attached hydrogen (secondary N) is 1. The van der Waals surface area contributed by atoms with Crippen LogP contribution < -0.4 is 5.32 Å². The molecule has 0 aliphatic rings. The Morgan fingerprint density at radius 2 is 0.519 bits per heavy atom. The lowest BCUT2D eigenvalue weighted by atomic mass is 10.0. The number of unbranched alkanes of at least 4 members (excludes halogenated alkanes) is 59. The average molecular weight is 1120 g/mol. The molecule has 0 aliphatic heterocycles. The Labute approximate surface area is 496 Å². The molecule has 1 amide bonds. The SMILES string of the molecule is CCCCCCCCCCCCCCCCCCCCCCCCC(O)C(CO)NC(=O)CCCCCCCCCCCCCCCCCCCCCCCCCCCCCCOC(=O)CCCCCCCCCCCCCC. The number of carbonyl (C=O) groups excluding carboxylic acids is 2. The van der Waals surface area contributed by atoms with E-state index in [9.17, 15) is 19.8 Å². The Bertz CT molecular complexity index is 1150. The van der Waals surface area contributed by atoms with E-state index < -0.39 is 12.1 Å². The predicted molar refractivity (Wildman–Crippen MR) is 347 cm³/mol. The molecule has 2 atom stereocenters. The van der Waals surface area contributed by atoms with Gasteiger partial charge < -0.3 is 20.3 Å². The largest absolute Gasteiger partial charge is 0.466 e. The van der Waals surface area contributed by atoms with Crippen molar-refractivity contribution < 1.29 is 24.5 Å². The highest BCUT2D eigenvalue weighted by atomic mass is 16.5. The molecule has 0 radical (unpaired) electrons. The number of esters is 1. The van der Waals surface area contributed by atoms with Crippen LogP contribution in [0.25, 0.3) is 0 Å². The van der Waals surface area contributed by atoms with Crippen molar-refractivity contribution in [2.45, 2.75) is 443 Å². The lowest BCUT2D eigenvalue weighted by molar-refractivity contribution is -0.143. The van der Waals surface area contributed by atoms with Crippen molar-refractivity contribution in [2.75, 3.05) is 13.2 Å². The van der Waals surface area contributed by atoms with Crippen molar-refractivity contribution >= 4 is 11.9 Å². The molecule has 0 aromatic carbocycles. The van der Waals surface area contributed by atoms with Gasteiger partial charge in [-0.15, -0.1) is 0 Å². The monoisotopic (exact) mass is 1120 g/mol. The third-order valence-electron chi connectivity index (χ3n) is 17.7. The van der Waals surface area contributed by atoms with Crippen LogP contribution in [0.5, 0.6) is 0 Å². The highest BCUT2D eigenvalue weighted by molar-refractivity contribution is 5.76. The van der Waals surface area contributed by atoms with Crippen LogP contribution in [0.15, 0.2) is 0 Å². The highest BCUT2D eigenvalue weighted by Gasteiger charge is 2.20. The second-order valence-corrected chi connectivity index (χ2v) is 25.6. The van der Waals surface area contributed by atoms with Crippen LogP contribution in [-0.4, -0.2) is 47.4 Å². The molecule has 0 spiro atoms. The minimum absolute atomic E-state index is 0.0209. The van der Waals surface area contributed by atoms with Gasteiger partial charge in [0.25, 0.3) is 0 Å². The fourth-order valence-electron chi connectivity index (χ4n) is 12.1. The second kappa shape index (κ2) is 69.4. The molecule has 0 aromatic rings. The molecule has 0 saturated heterocycles. The van der Waals surface area contributed by atoms with E-state index in [1.165, 1.54) is 360 Å². The summed E-state index contributed by atoms with van der Waals surface area (Å²) >= 11 is 0. The van der Waals surface area contributed by atoms with Crippen LogP contribution in [-0.2, 0) is 14.3 Å². The van der Waals surface area contributed by atoms with Gasteiger partial charge in [-0.1, -0.05) is 393 Å². The first-order valence-electron chi connectivity index (χ1n) is 36.8. The Morgan fingerprint density at radius 1 is 0.304 bits per heavy atom. The van der Waals surface area contributed by atoms with E-state index in [1.807, 2.05) is 0 Å². The summed E-state index contributed by atoms with van der Waals surface area (Å²) in [4.78, 5) is 24.6. The summed E-state index contributed by atoms with van der Waals surface area (Å²) in [7, 11) is 0. The molecule has 0 rings (SSSR count). The van der Waals surface area contributed by atoms with Crippen molar-refractivity contribution in [2.24, 2.45) is 0 Å². The quantitative estimate of drug-likeness (QED) is 0.0417. The predicted octanol–water partition coefficient (Wildman–Crippen LogP) is 23.8. The second-order valence-electron chi connectivity index (χ2n) is 25.6. The Kier molecular flexibility index (Phi) is 68.4. The average Bonchev–Trinajstić information content (AvgIpc) is 3.45. The fraction of sp³-hybridized carbons (Fsp3) is 0.973. The lowest BCUT2D eigenvalue weighted by Gasteiger charge is -2.22. The van der Waals surface area contributed by atoms with E-state index in [-0.39, 0.29) is 18.5 Å². The number of amides is 1. The van der Waals surface area contributed by atoms with Gasteiger partial charge in [-0.2, -0.15) is 0 Å². The van der Waals surface area contributed by atoms with Crippen LogP contribution in [0, 0.1) is 0 Å². The van der Waals surface area contributed by atoms with E-state index in [4.69, 9.17) is 4.74 Å². The molecule has 0 aromatic heterocycles. The zero-order valence-electron chi connectivity index (χ0n) is 54.2. The summed E-state index contributed by atoms with van der Waals surface area (Å²) in [5.41, 5.74) is 0. The zero-order chi connectivity index (χ0) is 57.1. The molecule has 0 bridgehead atoms. The third-order valence-corrected chi connectivity index (χ3v) is 17.7. The Morgan fingerprint density at radius 3 is 0.772 bits per heavy atom. The van der Waals surface area contributed by atoms with E-state index >= 15 is 0 Å². The van der Waals surface area contributed by atoms with Crippen LogP contribution in [0.2, 0.25) is 0 Å². The number of hydrogen-bond donors (Lipinski definition) is 3.